The molecule has 2 aromatic rings. The fraction of sp³-hybridized carbons (Fsp3) is 0.318. The van der Waals surface area contributed by atoms with Crippen molar-refractivity contribution < 1.29 is 14.4 Å². The average molecular weight is 427 g/mol. The first-order valence-electron chi connectivity index (χ1n) is 9.95. The number of benzene rings is 2. The number of carbonyl (C=O) groups excluding carboxylic acids is 3. The molecule has 0 radical (unpaired) electrons. The third kappa shape index (κ3) is 4.47. The minimum absolute atomic E-state index is 0.0594. The standard InChI is InChI=1S/C22H23ClN4O3/c23-17-7-3-1-5-15(17)14-26-9-11-27(12-10-26)20(28)13-19-22(30)24-18-8-4-2-6-16(18)21(29)25-19/h1-8,19H,9-14H2,(H,24,30)(H,25,29)/t19-/m0/s1. The molecule has 8 heteroatoms. The lowest BCUT2D eigenvalue weighted by atomic mass is 10.1. The fourth-order valence-electron chi connectivity index (χ4n) is 3.78. The highest BCUT2D eigenvalue weighted by Crippen LogP contribution is 2.20. The predicted octanol–water partition coefficient (Wildman–Crippen LogP) is 2.12. The fourth-order valence-corrected chi connectivity index (χ4v) is 3.98. The first kappa shape index (κ1) is 20.4. The number of anilines is 1. The van der Waals surface area contributed by atoms with Gasteiger partial charge in [-0.1, -0.05) is 41.9 Å². The van der Waals surface area contributed by atoms with Gasteiger partial charge in [-0.2, -0.15) is 0 Å². The van der Waals surface area contributed by atoms with Gasteiger partial charge >= 0.3 is 0 Å². The van der Waals surface area contributed by atoms with Crippen molar-refractivity contribution in [3.8, 4) is 0 Å². The third-order valence-electron chi connectivity index (χ3n) is 5.51. The smallest absolute Gasteiger partial charge is 0.254 e. The van der Waals surface area contributed by atoms with E-state index < -0.39 is 6.04 Å². The van der Waals surface area contributed by atoms with Gasteiger partial charge in [-0.15, -0.1) is 0 Å². The Kier molecular flexibility index (Phi) is 6.01. The molecule has 3 amide bonds. The van der Waals surface area contributed by atoms with Gasteiger partial charge in [0.2, 0.25) is 11.8 Å². The molecular weight excluding hydrogens is 404 g/mol. The van der Waals surface area contributed by atoms with Crippen LogP contribution in [0, 0.1) is 0 Å². The Labute approximate surface area is 180 Å². The van der Waals surface area contributed by atoms with Gasteiger partial charge in [0.1, 0.15) is 6.04 Å². The van der Waals surface area contributed by atoms with E-state index in [4.69, 9.17) is 11.6 Å². The zero-order valence-corrected chi connectivity index (χ0v) is 17.2. The summed E-state index contributed by atoms with van der Waals surface area (Å²) in [6.07, 6.45) is -0.0594. The molecule has 2 aliphatic rings. The van der Waals surface area contributed by atoms with Gasteiger partial charge in [-0.3, -0.25) is 19.3 Å². The Morgan fingerprint density at radius 2 is 1.70 bits per heavy atom. The molecule has 1 fully saturated rings. The number of carbonyl (C=O) groups is 3. The Morgan fingerprint density at radius 1 is 1.00 bits per heavy atom. The lowest BCUT2D eigenvalue weighted by molar-refractivity contribution is -0.135. The van der Waals surface area contributed by atoms with Crippen LogP contribution in [0.2, 0.25) is 5.02 Å². The van der Waals surface area contributed by atoms with Gasteiger partial charge in [-0.25, -0.2) is 0 Å². The van der Waals surface area contributed by atoms with Crippen LogP contribution in [-0.4, -0.2) is 59.7 Å². The van der Waals surface area contributed by atoms with Gasteiger partial charge < -0.3 is 15.5 Å². The monoisotopic (exact) mass is 426 g/mol. The van der Waals surface area contributed by atoms with Crippen LogP contribution >= 0.6 is 11.6 Å². The Hall–Kier alpha value is -2.90. The zero-order chi connectivity index (χ0) is 21.1. The molecule has 2 heterocycles. The number of nitrogens with one attached hydrogen (secondary N) is 2. The van der Waals surface area contributed by atoms with Crippen molar-refractivity contribution in [1.82, 2.24) is 15.1 Å². The summed E-state index contributed by atoms with van der Waals surface area (Å²) in [7, 11) is 0. The van der Waals surface area contributed by atoms with Crippen LogP contribution in [0.1, 0.15) is 22.3 Å². The molecule has 1 atom stereocenters. The average Bonchev–Trinajstić information content (AvgIpc) is 2.86. The summed E-state index contributed by atoms with van der Waals surface area (Å²) in [5, 5.41) is 6.16. The van der Waals surface area contributed by atoms with E-state index in [0.29, 0.717) is 24.3 Å². The molecule has 0 unspecified atom stereocenters. The van der Waals surface area contributed by atoms with Gasteiger partial charge in [0.15, 0.2) is 0 Å². The maximum atomic E-state index is 12.8. The number of para-hydroxylation sites is 1. The highest BCUT2D eigenvalue weighted by molar-refractivity contribution is 6.31. The number of piperazine rings is 1. The zero-order valence-electron chi connectivity index (χ0n) is 16.4. The van der Waals surface area contributed by atoms with E-state index in [-0.39, 0.29) is 24.1 Å². The molecule has 7 nitrogen and oxygen atoms in total. The summed E-state index contributed by atoms with van der Waals surface area (Å²) in [6.45, 7) is 3.34. The number of hydrogen-bond donors (Lipinski definition) is 2. The number of nitrogens with zero attached hydrogens (tertiary/aromatic N) is 2. The summed E-state index contributed by atoms with van der Waals surface area (Å²) in [5.41, 5.74) is 1.92. The van der Waals surface area contributed by atoms with Gasteiger partial charge in [0.25, 0.3) is 5.91 Å². The van der Waals surface area contributed by atoms with E-state index in [2.05, 4.69) is 15.5 Å². The second-order valence-electron chi connectivity index (χ2n) is 7.51. The normalized spacial score (nSPS) is 19.5. The molecule has 30 heavy (non-hydrogen) atoms. The van der Waals surface area contributed by atoms with Crippen LogP contribution in [0.4, 0.5) is 5.69 Å². The second kappa shape index (κ2) is 8.85. The van der Waals surface area contributed by atoms with E-state index in [1.165, 1.54) is 0 Å². The van der Waals surface area contributed by atoms with Crippen LogP contribution in [-0.2, 0) is 16.1 Å². The van der Waals surface area contributed by atoms with E-state index in [1.54, 1.807) is 29.2 Å². The van der Waals surface area contributed by atoms with Crippen molar-refractivity contribution in [3.63, 3.8) is 0 Å². The molecule has 4 rings (SSSR count). The molecule has 156 valence electrons. The molecule has 1 saturated heterocycles. The molecule has 0 aliphatic carbocycles. The largest absolute Gasteiger partial charge is 0.340 e. The van der Waals surface area contributed by atoms with Gasteiger partial charge in [0.05, 0.1) is 17.7 Å². The van der Waals surface area contributed by atoms with E-state index in [1.807, 2.05) is 24.3 Å². The topological polar surface area (TPSA) is 81.8 Å². The van der Waals surface area contributed by atoms with Crippen LogP contribution in [0.25, 0.3) is 0 Å². The van der Waals surface area contributed by atoms with Gasteiger partial charge in [0, 0.05) is 37.7 Å². The molecule has 2 aliphatic heterocycles. The summed E-state index contributed by atoms with van der Waals surface area (Å²) >= 11 is 6.24. The summed E-state index contributed by atoms with van der Waals surface area (Å²) in [6, 6.07) is 13.7. The molecule has 0 bridgehead atoms. The number of halogens is 1. The van der Waals surface area contributed by atoms with Crippen molar-refractivity contribution >= 4 is 35.0 Å². The number of hydrogen-bond acceptors (Lipinski definition) is 4. The number of fused-ring (bicyclic) bond motifs is 1. The molecular formula is C22H23ClN4O3. The number of amides is 3. The van der Waals surface area contributed by atoms with Crippen molar-refractivity contribution in [1.29, 1.82) is 0 Å². The van der Waals surface area contributed by atoms with E-state index in [9.17, 15) is 14.4 Å². The molecule has 2 aromatic carbocycles. The van der Waals surface area contributed by atoms with E-state index in [0.717, 1.165) is 30.2 Å². The lowest BCUT2D eigenvalue weighted by Crippen LogP contribution is -2.51. The molecule has 2 N–H and O–H groups in total. The highest BCUT2D eigenvalue weighted by Gasteiger charge is 2.31. The highest BCUT2D eigenvalue weighted by atomic mass is 35.5. The predicted molar refractivity (Wildman–Crippen MR) is 114 cm³/mol. The van der Waals surface area contributed by atoms with Crippen LogP contribution in [0.5, 0.6) is 0 Å². The summed E-state index contributed by atoms with van der Waals surface area (Å²) in [4.78, 5) is 41.7. The Balaban J connectivity index is 1.32. The molecule has 0 aromatic heterocycles. The first-order chi connectivity index (χ1) is 14.5. The quantitative estimate of drug-likeness (QED) is 0.784. The lowest BCUT2D eigenvalue weighted by Gasteiger charge is -2.35. The second-order valence-corrected chi connectivity index (χ2v) is 7.92. The minimum Gasteiger partial charge on any atom is -0.340 e. The van der Waals surface area contributed by atoms with Crippen molar-refractivity contribution in [2.24, 2.45) is 0 Å². The minimum atomic E-state index is -0.890. The molecule has 0 spiro atoms. The maximum absolute atomic E-state index is 12.8. The van der Waals surface area contributed by atoms with Crippen molar-refractivity contribution in [3.05, 3.63) is 64.7 Å². The molecule has 0 saturated carbocycles. The van der Waals surface area contributed by atoms with Crippen LogP contribution < -0.4 is 10.6 Å². The van der Waals surface area contributed by atoms with Gasteiger partial charge in [-0.05, 0) is 23.8 Å². The van der Waals surface area contributed by atoms with E-state index >= 15 is 0 Å². The van der Waals surface area contributed by atoms with Crippen LogP contribution in [0.15, 0.2) is 48.5 Å². The Bertz CT molecular complexity index is 972. The summed E-state index contributed by atoms with van der Waals surface area (Å²) < 4.78 is 0. The first-order valence-corrected chi connectivity index (χ1v) is 10.3. The maximum Gasteiger partial charge on any atom is 0.254 e. The third-order valence-corrected chi connectivity index (χ3v) is 5.88. The number of rotatable bonds is 4. The van der Waals surface area contributed by atoms with Crippen molar-refractivity contribution in [2.45, 2.75) is 19.0 Å². The Morgan fingerprint density at radius 3 is 2.47 bits per heavy atom. The van der Waals surface area contributed by atoms with Crippen LogP contribution in [0.3, 0.4) is 0 Å². The SMILES string of the molecule is O=C1N[C@@H](CC(=O)N2CCN(Cc3ccccc3Cl)CC2)C(=O)Nc2ccccc21. The summed E-state index contributed by atoms with van der Waals surface area (Å²) in [5.74, 6) is -0.871. The van der Waals surface area contributed by atoms with Crippen molar-refractivity contribution in [2.75, 3.05) is 31.5 Å².